The number of aliphatic hydroxyl groups excluding tert-OH is 1. The number of allylic oxidation sites excluding steroid dienone is 1. The van der Waals surface area contributed by atoms with Gasteiger partial charge in [0.25, 0.3) is 0 Å². The first kappa shape index (κ1) is 15.0. The Kier molecular flexibility index (Phi) is 6.81. The minimum absolute atomic E-state index is 0.0715. The van der Waals surface area contributed by atoms with Gasteiger partial charge >= 0.3 is 0 Å². The number of hydrogen-bond donors (Lipinski definition) is 1. The van der Waals surface area contributed by atoms with Crippen molar-refractivity contribution < 1.29 is 19.4 Å². The molecule has 0 bridgehead atoms. The number of hydrogen-bond acceptors (Lipinski definition) is 4. The van der Waals surface area contributed by atoms with Crippen molar-refractivity contribution in [1.29, 1.82) is 0 Å². The number of carbonyl (C=O) groups excluding carboxylic acids is 1. The van der Waals surface area contributed by atoms with E-state index in [1.165, 1.54) is 14.0 Å². The molecule has 0 aromatic carbocycles. The monoisotopic (exact) mass is 230 g/mol. The Balaban J connectivity index is 4.55. The molecule has 0 amide bonds. The molecule has 0 rings (SSSR count). The highest BCUT2D eigenvalue weighted by atomic mass is 16.5. The van der Waals surface area contributed by atoms with Crippen LogP contribution in [-0.4, -0.2) is 30.2 Å². The zero-order valence-corrected chi connectivity index (χ0v) is 10.7. The minimum Gasteiger partial charge on any atom is -0.506 e. The summed E-state index contributed by atoms with van der Waals surface area (Å²) in [6.07, 6.45) is 0.304. The Morgan fingerprint density at radius 2 is 1.94 bits per heavy atom. The van der Waals surface area contributed by atoms with Gasteiger partial charge in [-0.1, -0.05) is 6.92 Å². The number of Topliss-reactive ketones (excluding diaryl/α,β-unsaturated/α-hetero) is 1. The largest absolute Gasteiger partial charge is 0.506 e. The predicted molar refractivity (Wildman–Crippen MR) is 62.3 cm³/mol. The lowest BCUT2D eigenvalue weighted by Gasteiger charge is -2.19. The summed E-state index contributed by atoms with van der Waals surface area (Å²) >= 11 is 0. The maximum absolute atomic E-state index is 10.9. The van der Waals surface area contributed by atoms with Crippen LogP contribution in [0.3, 0.4) is 0 Å². The molecule has 4 heteroatoms. The molecule has 0 radical (unpaired) electrons. The molecule has 0 saturated carbocycles. The molecule has 0 aliphatic heterocycles. The molecule has 2 unspecified atom stereocenters. The van der Waals surface area contributed by atoms with Gasteiger partial charge in [0.05, 0.1) is 0 Å². The number of ether oxygens (including phenoxy) is 2. The van der Waals surface area contributed by atoms with Crippen molar-refractivity contribution in [3.63, 3.8) is 0 Å². The van der Waals surface area contributed by atoms with Crippen molar-refractivity contribution in [3.8, 4) is 0 Å². The average molecular weight is 230 g/mol. The first-order chi connectivity index (χ1) is 7.42. The maximum atomic E-state index is 10.9. The van der Waals surface area contributed by atoms with Crippen molar-refractivity contribution in [1.82, 2.24) is 0 Å². The standard InChI is InChI=1S/C12H22O4/c1-6-11(12(14)10(4)15-5)16-9(3)7-8(2)13/h9-10,14H,6-7H2,1-5H3/b12-11-. The highest BCUT2D eigenvalue weighted by molar-refractivity contribution is 5.75. The lowest BCUT2D eigenvalue weighted by molar-refractivity contribution is -0.119. The van der Waals surface area contributed by atoms with Gasteiger partial charge in [-0.25, -0.2) is 0 Å². The topological polar surface area (TPSA) is 55.8 Å². The van der Waals surface area contributed by atoms with Crippen LogP contribution in [0.4, 0.5) is 0 Å². The maximum Gasteiger partial charge on any atom is 0.158 e. The van der Waals surface area contributed by atoms with Crippen molar-refractivity contribution in [2.75, 3.05) is 7.11 Å². The van der Waals surface area contributed by atoms with Crippen LogP contribution in [0.1, 0.15) is 40.5 Å². The Morgan fingerprint density at radius 1 is 1.38 bits per heavy atom. The van der Waals surface area contributed by atoms with E-state index in [1.807, 2.05) is 13.8 Å². The Labute approximate surface area is 97.2 Å². The molecule has 94 valence electrons. The summed E-state index contributed by atoms with van der Waals surface area (Å²) in [5.41, 5.74) is 0. The minimum atomic E-state index is -0.389. The second kappa shape index (κ2) is 7.28. The van der Waals surface area contributed by atoms with E-state index in [4.69, 9.17) is 9.47 Å². The predicted octanol–water partition coefficient (Wildman–Crippen LogP) is 2.59. The van der Waals surface area contributed by atoms with Crippen molar-refractivity contribution in [2.45, 2.75) is 52.7 Å². The molecule has 0 saturated heterocycles. The lowest BCUT2D eigenvalue weighted by atomic mass is 10.2. The summed E-state index contributed by atoms with van der Waals surface area (Å²) in [6.45, 7) is 6.95. The van der Waals surface area contributed by atoms with E-state index >= 15 is 0 Å². The van der Waals surface area contributed by atoms with Crippen molar-refractivity contribution in [2.24, 2.45) is 0 Å². The number of aliphatic hydroxyl groups is 1. The molecule has 0 heterocycles. The third-order valence-electron chi connectivity index (χ3n) is 2.26. The summed E-state index contributed by atoms with van der Waals surface area (Å²) in [6, 6.07) is 0. The normalized spacial score (nSPS) is 16.3. The van der Waals surface area contributed by atoms with Crippen LogP contribution in [0.2, 0.25) is 0 Å². The van der Waals surface area contributed by atoms with Gasteiger partial charge in [-0.3, -0.25) is 4.79 Å². The van der Waals surface area contributed by atoms with Gasteiger partial charge in [-0.2, -0.15) is 0 Å². The molecule has 0 fully saturated rings. The Morgan fingerprint density at radius 3 is 2.31 bits per heavy atom. The van der Waals surface area contributed by atoms with Gasteiger partial charge in [-0.15, -0.1) is 0 Å². The molecule has 1 N–H and O–H groups in total. The fourth-order valence-electron chi connectivity index (χ4n) is 1.35. The molecule has 0 aliphatic carbocycles. The summed E-state index contributed by atoms with van der Waals surface area (Å²) in [7, 11) is 1.52. The van der Waals surface area contributed by atoms with Crippen LogP contribution in [0, 0.1) is 0 Å². The second-order valence-electron chi connectivity index (χ2n) is 3.87. The van der Waals surface area contributed by atoms with Gasteiger partial charge in [0.2, 0.25) is 0 Å². The number of carbonyl (C=O) groups is 1. The van der Waals surface area contributed by atoms with Gasteiger partial charge in [-0.05, 0) is 20.8 Å². The van der Waals surface area contributed by atoms with Crippen molar-refractivity contribution >= 4 is 5.78 Å². The number of rotatable bonds is 7. The Hall–Kier alpha value is -1.03. The van der Waals surface area contributed by atoms with E-state index in [0.29, 0.717) is 18.6 Å². The van der Waals surface area contributed by atoms with E-state index in [0.717, 1.165) is 0 Å². The molecular formula is C12H22O4. The van der Waals surface area contributed by atoms with Gasteiger partial charge in [0, 0.05) is 20.0 Å². The van der Waals surface area contributed by atoms with E-state index in [2.05, 4.69) is 0 Å². The number of ketones is 1. The van der Waals surface area contributed by atoms with Crippen LogP contribution >= 0.6 is 0 Å². The summed E-state index contributed by atoms with van der Waals surface area (Å²) in [5, 5.41) is 9.81. The summed E-state index contributed by atoms with van der Waals surface area (Å²) in [5.74, 6) is 0.658. The third kappa shape index (κ3) is 5.16. The number of methoxy groups -OCH3 is 1. The summed E-state index contributed by atoms with van der Waals surface area (Å²) < 4.78 is 10.5. The van der Waals surface area contributed by atoms with Crippen LogP contribution in [0.15, 0.2) is 11.5 Å². The first-order valence-corrected chi connectivity index (χ1v) is 5.53. The lowest BCUT2D eigenvalue weighted by Crippen LogP contribution is -2.17. The third-order valence-corrected chi connectivity index (χ3v) is 2.26. The molecule has 2 atom stereocenters. The van der Waals surface area contributed by atoms with E-state index in [9.17, 15) is 9.90 Å². The Bertz CT molecular complexity index is 258. The van der Waals surface area contributed by atoms with Crippen molar-refractivity contribution in [3.05, 3.63) is 11.5 Å². The van der Waals surface area contributed by atoms with Gasteiger partial charge in [0.1, 0.15) is 23.8 Å². The van der Waals surface area contributed by atoms with E-state index in [-0.39, 0.29) is 23.8 Å². The van der Waals surface area contributed by atoms with Crippen LogP contribution in [0.25, 0.3) is 0 Å². The second-order valence-corrected chi connectivity index (χ2v) is 3.87. The van der Waals surface area contributed by atoms with Gasteiger partial charge in [0.15, 0.2) is 5.76 Å². The quantitative estimate of drug-likeness (QED) is 0.683. The SMILES string of the molecule is CC/C(OC(C)CC(C)=O)=C(/O)C(C)OC. The van der Waals surface area contributed by atoms with E-state index in [1.54, 1.807) is 6.92 Å². The zero-order valence-electron chi connectivity index (χ0n) is 10.7. The molecule has 0 aromatic heterocycles. The van der Waals surface area contributed by atoms with Gasteiger partial charge < -0.3 is 14.6 Å². The fraction of sp³-hybridized carbons (Fsp3) is 0.750. The first-order valence-electron chi connectivity index (χ1n) is 5.53. The molecule has 0 spiro atoms. The molecule has 0 aliphatic rings. The highest BCUT2D eigenvalue weighted by Crippen LogP contribution is 2.16. The smallest absolute Gasteiger partial charge is 0.158 e. The van der Waals surface area contributed by atoms with Crippen LogP contribution in [-0.2, 0) is 14.3 Å². The highest BCUT2D eigenvalue weighted by Gasteiger charge is 2.15. The molecule has 0 aromatic rings. The zero-order chi connectivity index (χ0) is 12.7. The molecule has 16 heavy (non-hydrogen) atoms. The average Bonchev–Trinajstić information content (AvgIpc) is 2.22. The summed E-state index contributed by atoms with van der Waals surface area (Å²) in [4.78, 5) is 10.9. The fourth-order valence-corrected chi connectivity index (χ4v) is 1.35. The van der Waals surface area contributed by atoms with E-state index < -0.39 is 0 Å². The van der Waals surface area contributed by atoms with Crippen LogP contribution in [0.5, 0.6) is 0 Å². The molecule has 4 nitrogen and oxygen atoms in total. The van der Waals surface area contributed by atoms with Crippen LogP contribution < -0.4 is 0 Å². The molecular weight excluding hydrogens is 208 g/mol.